The number of rotatable bonds is 7. The summed E-state index contributed by atoms with van der Waals surface area (Å²) < 4.78 is 54.3. The van der Waals surface area contributed by atoms with Crippen LogP contribution in [-0.4, -0.2) is 30.2 Å². The summed E-state index contributed by atoms with van der Waals surface area (Å²) in [6.45, 7) is 0.673. The van der Waals surface area contributed by atoms with Gasteiger partial charge in [0.05, 0.1) is 28.2 Å². The molecule has 2 aromatic carbocycles. The van der Waals surface area contributed by atoms with Crippen LogP contribution < -0.4 is 4.74 Å². The van der Waals surface area contributed by atoms with E-state index in [4.69, 9.17) is 25.8 Å². The van der Waals surface area contributed by atoms with Gasteiger partial charge in [-0.2, -0.15) is 13.2 Å². The molecule has 0 amide bonds. The Hall–Kier alpha value is -2.85. The summed E-state index contributed by atoms with van der Waals surface area (Å²) in [7, 11) is 0. The molecule has 2 aromatic rings. The van der Waals surface area contributed by atoms with Crippen LogP contribution >= 0.6 is 11.6 Å². The van der Waals surface area contributed by atoms with Crippen LogP contribution in [0.3, 0.4) is 0 Å². The Morgan fingerprint density at radius 1 is 1.26 bits per heavy atom. The molecule has 11 heteroatoms. The fourth-order valence-electron chi connectivity index (χ4n) is 3.02. The Bertz CT molecular complexity index is 976. The lowest BCUT2D eigenvalue weighted by atomic mass is 10.1. The van der Waals surface area contributed by atoms with Crippen molar-refractivity contribution in [2.75, 3.05) is 13.2 Å². The van der Waals surface area contributed by atoms with Crippen LogP contribution in [0.4, 0.5) is 18.9 Å². The third-order valence-corrected chi connectivity index (χ3v) is 4.86. The van der Waals surface area contributed by atoms with E-state index in [-0.39, 0.29) is 34.8 Å². The number of carbonyl (C=O) groups excluding carboxylic acids is 1. The number of nitro benzene ring substituents is 1. The molecule has 1 heterocycles. The Kier molecular flexibility index (Phi) is 7.01. The van der Waals surface area contributed by atoms with Crippen molar-refractivity contribution in [3.63, 3.8) is 0 Å². The highest BCUT2D eigenvalue weighted by Crippen LogP contribution is 2.37. The number of esters is 1. The van der Waals surface area contributed by atoms with Crippen molar-refractivity contribution < 1.29 is 37.1 Å². The zero-order valence-corrected chi connectivity index (χ0v) is 16.7. The highest BCUT2D eigenvalue weighted by atomic mass is 35.5. The number of nitrogens with zero attached hydrogens (tertiary/aromatic N) is 1. The topological polar surface area (TPSA) is 87.9 Å². The van der Waals surface area contributed by atoms with Crippen LogP contribution in [0.25, 0.3) is 0 Å². The number of halogens is 4. The lowest BCUT2D eigenvalue weighted by Crippen LogP contribution is -2.14. The quantitative estimate of drug-likeness (QED) is 0.296. The smallest absolute Gasteiger partial charge is 0.416 e. The fourth-order valence-corrected chi connectivity index (χ4v) is 3.24. The Balaban J connectivity index is 1.76. The van der Waals surface area contributed by atoms with E-state index < -0.39 is 28.3 Å². The van der Waals surface area contributed by atoms with Gasteiger partial charge in [0.2, 0.25) is 0 Å². The van der Waals surface area contributed by atoms with Crippen LogP contribution in [-0.2, 0) is 15.7 Å². The van der Waals surface area contributed by atoms with Gasteiger partial charge in [0.1, 0.15) is 17.1 Å². The van der Waals surface area contributed by atoms with Gasteiger partial charge in [0, 0.05) is 25.2 Å². The average Bonchev–Trinajstić information content (AvgIpc) is 3.22. The van der Waals surface area contributed by atoms with E-state index in [0.29, 0.717) is 19.1 Å². The predicted molar refractivity (Wildman–Crippen MR) is 103 cm³/mol. The minimum absolute atomic E-state index is 0.0146. The Labute approximate surface area is 179 Å². The Morgan fingerprint density at radius 3 is 2.65 bits per heavy atom. The molecule has 0 aromatic heterocycles. The first kappa shape index (κ1) is 22.8. The molecule has 1 aliphatic heterocycles. The first-order chi connectivity index (χ1) is 14.6. The van der Waals surface area contributed by atoms with Crippen LogP contribution in [0, 0.1) is 10.1 Å². The van der Waals surface area contributed by atoms with E-state index in [1.54, 1.807) is 0 Å². The maximum atomic E-state index is 12.8. The molecule has 3 rings (SSSR count). The van der Waals surface area contributed by atoms with E-state index in [1.165, 1.54) is 6.07 Å². The summed E-state index contributed by atoms with van der Waals surface area (Å²) in [6, 6.07) is 5.83. The van der Waals surface area contributed by atoms with E-state index >= 15 is 0 Å². The molecule has 31 heavy (non-hydrogen) atoms. The van der Waals surface area contributed by atoms with Crippen molar-refractivity contribution in [1.29, 1.82) is 0 Å². The van der Waals surface area contributed by atoms with Gasteiger partial charge in [-0.05, 0) is 37.1 Å². The molecular formula is C20H17ClF3NO6. The molecule has 1 saturated heterocycles. The largest absolute Gasteiger partial charge is 0.462 e. The van der Waals surface area contributed by atoms with Gasteiger partial charge in [-0.1, -0.05) is 11.6 Å². The molecule has 0 N–H and O–H groups in total. The average molecular weight is 460 g/mol. The third-order valence-electron chi connectivity index (χ3n) is 4.57. The maximum absolute atomic E-state index is 12.8. The first-order valence-electron chi connectivity index (χ1n) is 9.27. The van der Waals surface area contributed by atoms with Gasteiger partial charge >= 0.3 is 12.1 Å². The highest BCUT2D eigenvalue weighted by molar-refractivity contribution is 6.32. The second-order valence-corrected chi connectivity index (χ2v) is 7.15. The molecule has 0 saturated carbocycles. The lowest BCUT2D eigenvalue weighted by Gasteiger charge is -2.12. The minimum Gasteiger partial charge on any atom is -0.462 e. The summed E-state index contributed by atoms with van der Waals surface area (Å²) in [4.78, 5) is 22.9. The molecular weight excluding hydrogens is 443 g/mol. The number of hydrogen-bond donors (Lipinski definition) is 0. The second-order valence-electron chi connectivity index (χ2n) is 6.74. The van der Waals surface area contributed by atoms with Crippen molar-refractivity contribution in [3.8, 4) is 11.5 Å². The molecule has 1 atom stereocenters. The number of ether oxygens (including phenoxy) is 3. The summed E-state index contributed by atoms with van der Waals surface area (Å²) >= 11 is 5.86. The summed E-state index contributed by atoms with van der Waals surface area (Å²) in [5.74, 6) is -1.06. The van der Waals surface area contributed by atoms with Crippen LogP contribution in [0.2, 0.25) is 5.02 Å². The summed E-state index contributed by atoms with van der Waals surface area (Å²) in [5.41, 5.74) is -1.80. The standard InChI is InChI=1S/C20H17ClF3NO6/c21-16-10-12(20(22,23)24)3-6-18(16)31-14-4-5-17(25(27)28)15(11-14)19(26)30-9-7-13-2-1-8-29-13/h3-6,10-11,13H,1-2,7-9H2. The van der Waals surface area contributed by atoms with Crippen molar-refractivity contribution in [1.82, 2.24) is 0 Å². The fraction of sp³-hybridized carbons (Fsp3) is 0.350. The van der Waals surface area contributed by atoms with Crippen molar-refractivity contribution in [2.24, 2.45) is 0 Å². The van der Waals surface area contributed by atoms with Crippen LogP contribution in [0.1, 0.15) is 35.2 Å². The lowest BCUT2D eigenvalue weighted by molar-refractivity contribution is -0.385. The number of benzene rings is 2. The number of hydrogen-bond acceptors (Lipinski definition) is 6. The number of alkyl halides is 3. The number of nitro groups is 1. The SMILES string of the molecule is O=C(OCCC1CCCO1)c1cc(Oc2ccc(C(F)(F)F)cc2Cl)ccc1[N+](=O)[O-]. The normalized spacial score (nSPS) is 16.2. The predicted octanol–water partition coefficient (Wildman–Crippen LogP) is 5.79. The molecule has 166 valence electrons. The molecule has 1 unspecified atom stereocenters. The molecule has 0 aliphatic carbocycles. The first-order valence-corrected chi connectivity index (χ1v) is 9.64. The molecule has 0 spiro atoms. The van der Waals surface area contributed by atoms with E-state index in [0.717, 1.165) is 37.1 Å². The van der Waals surface area contributed by atoms with E-state index in [2.05, 4.69) is 0 Å². The van der Waals surface area contributed by atoms with E-state index in [1.807, 2.05) is 0 Å². The third kappa shape index (κ3) is 5.86. The molecule has 0 radical (unpaired) electrons. The molecule has 1 aliphatic rings. The van der Waals surface area contributed by atoms with Gasteiger partial charge in [-0.25, -0.2) is 4.79 Å². The van der Waals surface area contributed by atoms with Gasteiger partial charge in [-0.3, -0.25) is 10.1 Å². The van der Waals surface area contributed by atoms with Crippen LogP contribution in [0.5, 0.6) is 11.5 Å². The van der Waals surface area contributed by atoms with E-state index in [9.17, 15) is 28.1 Å². The molecule has 0 bridgehead atoms. The van der Waals surface area contributed by atoms with Gasteiger partial charge in [-0.15, -0.1) is 0 Å². The molecule has 1 fully saturated rings. The van der Waals surface area contributed by atoms with Gasteiger partial charge in [0.25, 0.3) is 5.69 Å². The number of carbonyl (C=O) groups is 1. The van der Waals surface area contributed by atoms with Crippen LogP contribution in [0.15, 0.2) is 36.4 Å². The van der Waals surface area contributed by atoms with Gasteiger partial charge < -0.3 is 14.2 Å². The van der Waals surface area contributed by atoms with Crippen molar-refractivity contribution >= 4 is 23.3 Å². The molecule has 7 nitrogen and oxygen atoms in total. The zero-order chi connectivity index (χ0) is 22.6. The monoisotopic (exact) mass is 459 g/mol. The Morgan fingerprint density at radius 2 is 2.03 bits per heavy atom. The highest BCUT2D eigenvalue weighted by Gasteiger charge is 2.31. The second kappa shape index (κ2) is 9.52. The van der Waals surface area contributed by atoms with Crippen molar-refractivity contribution in [2.45, 2.75) is 31.5 Å². The maximum Gasteiger partial charge on any atom is 0.416 e. The minimum atomic E-state index is -4.57. The zero-order valence-electron chi connectivity index (χ0n) is 16.0. The summed E-state index contributed by atoms with van der Waals surface area (Å²) in [5, 5.41) is 11.0. The summed E-state index contributed by atoms with van der Waals surface area (Å²) in [6.07, 6.45) is -2.34. The van der Waals surface area contributed by atoms with Crippen molar-refractivity contribution in [3.05, 3.63) is 62.7 Å². The van der Waals surface area contributed by atoms with Gasteiger partial charge in [0.15, 0.2) is 0 Å².